The molecule has 76 valence electrons. The van der Waals surface area contributed by atoms with E-state index < -0.39 is 0 Å². The van der Waals surface area contributed by atoms with Gasteiger partial charge in [-0.1, -0.05) is 0 Å². The van der Waals surface area contributed by atoms with E-state index >= 15 is 0 Å². The van der Waals surface area contributed by atoms with Crippen molar-refractivity contribution in [3.8, 4) is 0 Å². The van der Waals surface area contributed by atoms with Crippen molar-refractivity contribution in [1.29, 1.82) is 0 Å². The van der Waals surface area contributed by atoms with E-state index in [1.54, 1.807) is 7.05 Å². The lowest BCUT2D eigenvalue weighted by Crippen LogP contribution is -2.27. The molecule has 0 aromatic rings. The van der Waals surface area contributed by atoms with Gasteiger partial charge in [-0.05, 0) is 12.8 Å². The van der Waals surface area contributed by atoms with Crippen molar-refractivity contribution >= 4 is 12.0 Å². The summed E-state index contributed by atoms with van der Waals surface area (Å²) >= 11 is 0. The van der Waals surface area contributed by atoms with Gasteiger partial charge in [-0.25, -0.2) is 4.79 Å². The zero-order valence-electron chi connectivity index (χ0n) is 8.08. The van der Waals surface area contributed by atoms with Crippen LogP contribution >= 0.6 is 0 Å². The second-order valence-electron chi connectivity index (χ2n) is 2.82. The molecule has 0 radical (unpaired) electrons. The molecule has 0 aromatic heterocycles. The summed E-state index contributed by atoms with van der Waals surface area (Å²) < 4.78 is 4.49. The fourth-order valence-electron chi connectivity index (χ4n) is 0.895. The van der Waals surface area contributed by atoms with Gasteiger partial charge in [0.25, 0.3) is 0 Å². The highest BCUT2D eigenvalue weighted by molar-refractivity contribution is 5.73. The molecular weight excluding hydrogens is 172 g/mol. The summed E-state index contributed by atoms with van der Waals surface area (Å²) in [5.74, 6) is -0.305. The predicted molar refractivity (Wildman–Crippen MR) is 48.1 cm³/mol. The smallest absolute Gasteiger partial charge is 0.409 e. The van der Waals surface area contributed by atoms with E-state index in [-0.39, 0.29) is 12.0 Å². The molecule has 0 aromatic carbocycles. The van der Waals surface area contributed by atoms with Crippen molar-refractivity contribution < 1.29 is 14.3 Å². The van der Waals surface area contributed by atoms with Gasteiger partial charge in [0.1, 0.15) is 0 Å². The van der Waals surface area contributed by atoms with Gasteiger partial charge in [-0.15, -0.1) is 0 Å². The maximum atomic E-state index is 10.9. The summed E-state index contributed by atoms with van der Waals surface area (Å²) in [5.41, 5.74) is 4.95. The van der Waals surface area contributed by atoms with Crippen molar-refractivity contribution in [3.63, 3.8) is 0 Å². The maximum absolute atomic E-state index is 10.9. The Labute approximate surface area is 77.8 Å². The lowest BCUT2D eigenvalue weighted by atomic mass is 10.2. The van der Waals surface area contributed by atoms with E-state index in [9.17, 15) is 9.59 Å². The van der Waals surface area contributed by atoms with Gasteiger partial charge in [0.2, 0.25) is 5.91 Å². The molecule has 2 N–H and O–H groups in total. The van der Waals surface area contributed by atoms with Gasteiger partial charge in [0.15, 0.2) is 0 Å². The molecule has 0 atom stereocenters. The molecule has 0 saturated heterocycles. The molecule has 13 heavy (non-hydrogen) atoms. The standard InChI is InChI=1S/C8H16N2O3/c1-10(8(12)13-2)6-4-3-5-7(9)11/h3-6H2,1-2H3,(H2,9,11). The molecule has 5 heteroatoms. The van der Waals surface area contributed by atoms with E-state index in [1.165, 1.54) is 12.0 Å². The van der Waals surface area contributed by atoms with E-state index in [0.717, 1.165) is 6.42 Å². The number of hydrogen-bond donors (Lipinski definition) is 1. The van der Waals surface area contributed by atoms with Crippen LogP contribution in [0.2, 0.25) is 0 Å². The number of carbonyl (C=O) groups is 2. The minimum atomic E-state index is -0.362. The molecule has 0 bridgehead atoms. The average molecular weight is 188 g/mol. The second-order valence-corrected chi connectivity index (χ2v) is 2.82. The third-order valence-corrected chi connectivity index (χ3v) is 1.65. The monoisotopic (exact) mass is 188 g/mol. The van der Waals surface area contributed by atoms with Crippen molar-refractivity contribution in [2.75, 3.05) is 20.7 Å². The van der Waals surface area contributed by atoms with Crippen LogP contribution < -0.4 is 5.73 Å². The van der Waals surface area contributed by atoms with Crippen LogP contribution in [-0.2, 0) is 9.53 Å². The Kier molecular flexibility index (Phi) is 5.67. The molecule has 0 rings (SSSR count). The number of methoxy groups -OCH3 is 1. The SMILES string of the molecule is COC(=O)N(C)CCCCC(N)=O. The quantitative estimate of drug-likeness (QED) is 0.632. The number of nitrogens with zero attached hydrogens (tertiary/aromatic N) is 1. The van der Waals surface area contributed by atoms with Crippen LogP contribution in [0.1, 0.15) is 19.3 Å². The van der Waals surface area contributed by atoms with Gasteiger partial charge in [-0.3, -0.25) is 4.79 Å². The highest BCUT2D eigenvalue weighted by Crippen LogP contribution is 1.97. The first-order valence-electron chi connectivity index (χ1n) is 4.15. The summed E-state index contributed by atoms with van der Waals surface area (Å²) in [6, 6.07) is 0. The Morgan fingerprint density at radius 2 is 2.00 bits per heavy atom. The zero-order valence-corrected chi connectivity index (χ0v) is 8.08. The number of rotatable bonds is 5. The van der Waals surface area contributed by atoms with Gasteiger partial charge < -0.3 is 15.4 Å². The average Bonchev–Trinajstić information content (AvgIpc) is 2.10. The molecule has 0 fully saturated rings. The minimum Gasteiger partial charge on any atom is -0.453 e. The normalized spacial score (nSPS) is 9.38. The lowest BCUT2D eigenvalue weighted by molar-refractivity contribution is -0.118. The lowest BCUT2D eigenvalue weighted by Gasteiger charge is -2.14. The first-order valence-corrected chi connectivity index (χ1v) is 4.15. The first kappa shape index (κ1) is 11.7. The number of ether oxygens (including phenoxy) is 1. The Balaban J connectivity index is 3.42. The van der Waals surface area contributed by atoms with Crippen LogP contribution in [0.3, 0.4) is 0 Å². The van der Waals surface area contributed by atoms with E-state index in [4.69, 9.17) is 5.73 Å². The third kappa shape index (κ3) is 5.95. The summed E-state index contributed by atoms with van der Waals surface area (Å²) in [7, 11) is 2.98. The fourth-order valence-corrected chi connectivity index (χ4v) is 0.895. The molecule has 2 amide bonds. The molecule has 5 nitrogen and oxygen atoms in total. The van der Waals surface area contributed by atoms with Crippen molar-refractivity contribution in [2.24, 2.45) is 5.73 Å². The van der Waals surface area contributed by atoms with Gasteiger partial charge >= 0.3 is 6.09 Å². The molecule has 0 heterocycles. The minimum absolute atomic E-state index is 0.305. The zero-order chi connectivity index (χ0) is 10.3. The number of primary amides is 1. The van der Waals surface area contributed by atoms with Gasteiger partial charge in [0, 0.05) is 20.0 Å². The van der Waals surface area contributed by atoms with Crippen molar-refractivity contribution in [1.82, 2.24) is 4.90 Å². The maximum Gasteiger partial charge on any atom is 0.409 e. The number of unbranched alkanes of at least 4 members (excludes halogenated alkanes) is 1. The molecule has 0 aliphatic carbocycles. The fraction of sp³-hybridized carbons (Fsp3) is 0.750. The Bertz CT molecular complexity index is 182. The number of carbonyl (C=O) groups excluding carboxylic acids is 2. The molecule has 0 aliphatic rings. The summed E-state index contributed by atoms with van der Waals surface area (Å²) in [4.78, 5) is 22.7. The molecule has 0 aliphatic heterocycles. The van der Waals surface area contributed by atoms with Crippen LogP contribution in [0.5, 0.6) is 0 Å². The third-order valence-electron chi connectivity index (χ3n) is 1.65. The molecule has 0 spiro atoms. The topological polar surface area (TPSA) is 72.6 Å². The Morgan fingerprint density at radius 3 is 2.46 bits per heavy atom. The van der Waals surface area contributed by atoms with E-state index in [2.05, 4.69) is 4.74 Å². The summed E-state index contributed by atoms with van der Waals surface area (Å²) in [6.07, 6.45) is 1.47. The van der Waals surface area contributed by atoms with Gasteiger partial charge in [0.05, 0.1) is 7.11 Å². The second kappa shape index (κ2) is 6.28. The van der Waals surface area contributed by atoms with Crippen LogP contribution in [-0.4, -0.2) is 37.6 Å². The van der Waals surface area contributed by atoms with Crippen LogP contribution in [0, 0.1) is 0 Å². The Morgan fingerprint density at radius 1 is 1.38 bits per heavy atom. The van der Waals surface area contributed by atoms with E-state index in [0.29, 0.717) is 19.4 Å². The molecule has 0 unspecified atom stereocenters. The summed E-state index contributed by atoms with van der Waals surface area (Å²) in [6.45, 7) is 0.583. The molecular formula is C8H16N2O3. The first-order chi connectivity index (χ1) is 6.07. The Hall–Kier alpha value is -1.26. The van der Waals surface area contributed by atoms with Crippen molar-refractivity contribution in [3.05, 3.63) is 0 Å². The number of hydrogen-bond acceptors (Lipinski definition) is 3. The van der Waals surface area contributed by atoms with E-state index in [1.807, 2.05) is 0 Å². The highest BCUT2D eigenvalue weighted by Gasteiger charge is 2.06. The number of amides is 2. The van der Waals surface area contributed by atoms with Crippen LogP contribution in [0.15, 0.2) is 0 Å². The van der Waals surface area contributed by atoms with Crippen LogP contribution in [0.25, 0.3) is 0 Å². The largest absolute Gasteiger partial charge is 0.453 e. The predicted octanol–water partition coefficient (Wildman–Crippen LogP) is 0.340. The number of nitrogens with two attached hydrogens (primary N) is 1. The van der Waals surface area contributed by atoms with Crippen molar-refractivity contribution in [2.45, 2.75) is 19.3 Å². The van der Waals surface area contributed by atoms with Gasteiger partial charge in [-0.2, -0.15) is 0 Å². The summed E-state index contributed by atoms with van der Waals surface area (Å²) in [5, 5.41) is 0. The van der Waals surface area contributed by atoms with Crippen LogP contribution in [0.4, 0.5) is 4.79 Å². The molecule has 0 saturated carbocycles. The highest BCUT2D eigenvalue weighted by atomic mass is 16.5.